The van der Waals surface area contributed by atoms with Crippen molar-refractivity contribution < 1.29 is 4.79 Å². The molecule has 114 valence electrons. The quantitative estimate of drug-likeness (QED) is 0.731. The van der Waals surface area contributed by atoms with Crippen LogP contribution in [0.3, 0.4) is 0 Å². The molecule has 6 heteroatoms. The highest BCUT2D eigenvalue weighted by atomic mass is 16.1. The van der Waals surface area contributed by atoms with Crippen molar-refractivity contribution in [1.82, 2.24) is 14.7 Å². The number of rotatable bonds is 8. The molecule has 1 aromatic rings. The SMILES string of the molecule is CCC(N)C(c1cnn(C)c1)N(CC(N)=O)CC(C)C. The van der Waals surface area contributed by atoms with E-state index in [0.717, 1.165) is 18.5 Å². The zero-order chi connectivity index (χ0) is 15.3. The Bertz CT molecular complexity index is 429. The second kappa shape index (κ2) is 7.40. The van der Waals surface area contributed by atoms with E-state index < -0.39 is 0 Å². The predicted octanol–water partition coefficient (Wildman–Crippen LogP) is 0.642. The van der Waals surface area contributed by atoms with Crippen LogP contribution in [0.15, 0.2) is 12.4 Å². The highest BCUT2D eigenvalue weighted by Gasteiger charge is 2.28. The van der Waals surface area contributed by atoms with Crippen molar-refractivity contribution in [2.45, 2.75) is 39.3 Å². The van der Waals surface area contributed by atoms with E-state index in [4.69, 9.17) is 11.5 Å². The molecular formula is C14H27N5O. The maximum Gasteiger partial charge on any atom is 0.231 e. The Hall–Kier alpha value is -1.40. The van der Waals surface area contributed by atoms with Crippen LogP contribution in [0, 0.1) is 5.92 Å². The fraction of sp³-hybridized carbons (Fsp3) is 0.714. The van der Waals surface area contributed by atoms with Gasteiger partial charge in [0.2, 0.25) is 5.91 Å². The Labute approximate surface area is 121 Å². The summed E-state index contributed by atoms with van der Waals surface area (Å²) in [5, 5.41) is 4.21. The third-order valence-electron chi connectivity index (χ3n) is 3.30. The van der Waals surface area contributed by atoms with Crippen LogP contribution in [0.1, 0.15) is 38.8 Å². The van der Waals surface area contributed by atoms with Crippen molar-refractivity contribution in [3.8, 4) is 0 Å². The number of nitrogens with two attached hydrogens (primary N) is 2. The normalized spacial score (nSPS) is 14.8. The number of primary amides is 1. The molecule has 0 aromatic carbocycles. The van der Waals surface area contributed by atoms with Gasteiger partial charge in [-0.2, -0.15) is 5.10 Å². The molecule has 0 radical (unpaired) electrons. The van der Waals surface area contributed by atoms with Crippen LogP contribution in [0.2, 0.25) is 0 Å². The third-order valence-corrected chi connectivity index (χ3v) is 3.30. The Kier molecular flexibility index (Phi) is 6.16. The summed E-state index contributed by atoms with van der Waals surface area (Å²) in [6.45, 7) is 7.27. The van der Waals surface area contributed by atoms with Crippen LogP contribution in [0.4, 0.5) is 0 Å². The fourth-order valence-corrected chi connectivity index (χ4v) is 2.49. The van der Waals surface area contributed by atoms with Gasteiger partial charge in [0, 0.05) is 31.4 Å². The zero-order valence-corrected chi connectivity index (χ0v) is 12.9. The zero-order valence-electron chi connectivity index (χ0n) is 12.9. The Morgan fingerprint density at radius 3 is 2.55 bits per heavy atom. The highest BCUT2D eigenvalue weighted by molar-refractivity contribution is 5.76. The number of aromatic nitrogens is 2. The van der Waals surface area contributed by atoms with Gasteiger partial charge in [0.1, 0.15) is 0 Å². The molecule has 2 unspecified atom stereocenters. The topological polar surface area (TPSA) is 90.2 Å². The minimum Gasteiger partial charge on any atom is -0.369 e. The largest absolute Gasteiger partial charge is 0.369 e. The van der Waals surface area contributed by atoms with Gasteiger partial charge in [0.15, 0.2) is 0 Å². The molecule has 4 N–H and O–H groups in total. The van der Waals surface area contributed by atoms with E-state index in [1.54, 1.807) is 4.68 Å². The van der Waals surface area contributed by atoms with Crippen LogP contribution in [0.25, 0.3) is 0 Å². The van der Waals surface area contributed by atoms with Gasteiger partial charge in [-0.05, 0) is 12.3 Å². The lowest BCUT2D eigenvalue weighted by Gasteiger charge is -2.35. The predicted molar refractivity (Wildman–Crippen MR) is 79.8 cm³/mol. The van der Waals surface area contributed by atoms with E-state index in [1.807, 2.05) is 26.4 Å². The second-order valence-corrected chi connectivity index (χ2v) is 5.75. The molecule has 20 heavy (non-hydrogen) atoms. The van der Waals surface area contributed by atoms with E-state index >= 15 is 0 Å². The molecule has 1 amide bonds. The summed E-state index contributed by atoms with van der Waals surface area (Å²) in [4.78, 5) is 13.4. The minimum absolute atomic E-state index is 0.0383. The van der Waals surface area contributed by atoms with Gasteiger partial charge in [-0.1, -0.05) is 20.8 Å². The van der Waals surface area contributed by atoms with Crippen LogP contribution < -0.4 is 11.5 Å². The average molecular weight is 281 g/mol. The van der Waals surface area contributed by atoms with Gasteiger partial charge in [-0.3, -0.25) is 14.4 Å². The van der Waals surface area contributed by atoms with Crippen molar-refractivity contribution in [2.24, 2.45) is 24.4 Å². The monoisotopic (exact) mass is 281 g/mol. The van der Waals surface area contributed by atoms with Crippen molar-refractivity contribution in [3.63, 3.8) is 0 Å². The molecule has 0 saturated heterocycles. The number of carbonyl (C=O) groups is 1. The second-order valence-electron chi connectivity index (χ2n) is 5.75. The number of amides is 1. The van der Waals surface area contributed by atoms with E-state index in [9.17, 15) is 4.79 Å². The molecule has 0 fully saturated rings. The molecular weight excluding hydrogens is 254 g/mol. The van der Waals surface area contributed by atoms with Crippen LogP contribution in [-0.2, 0) is 11.8 Å². The number of aryl methyl sites for hydroxylation is 1. The maximum atomic E-state index is 11.4. The number of hydrogen-bond donors (Lipinski definition) is 2. The summed E-state index contributed by atoms with van der Waals surface area (Å²) in [5.41, 5.74) is 12.7. The Balaban J connectivity index is 3.06. The number of nitrogens with zero attached hydrogens (tertiary/aromatic N) is 3. The summed E-state index contributed by atoms with van der Waals surface area (Å²) in [7, 11) is 1.87. The van der Waals surface area contributed by atoms with E-state index in [1.165, 1.54) is 0 Å². The van der Waals surface area contributed by atoms with Crippen molar-refractivity contribution in [2.75, 3.05) is 13.1 Å². The first-order valence-electron chi connectivity index (χ1n) is 7.11. The van der Waals surface area contributed by atoms with Gasteiger partial charge in [-0.15, -0.1) is 0 Å². The molecule has 1 heterocycles. The van der Waals surface area contributed by atoms with E-state index in [0.29, 0.717) is 5.92 Å². The van der Waals surface area contributed by atoms with Gasteiger partial charge in [-0.25, -0.2) is 0 Å². The minimum atomic E-state index is -0.331. The molecule has 0 bridgehead atoms. The molecule has 1 aromatic heterocycles. The van der Waals surface area contributed by atoms with Gasteiger partial charge in [0.25, 0.3) is 0 Å². The first kappa shape index (κ1) is 16.7. The summed E-state index contributed by atoms with van der Waals surface area (Å²) in [6.07, 6.45) is 4.59. The molecule has 1 rings (SSSR count). The molecule has 0 saturated carbocycles. The van der Waals surface area contributed by atoms with Crippen molar-refractivity contribution in [3.05, 3.63) is 18.0 Å². The molecule has 6 nitrogen and oxygen atoms in total. The Morgan fingerprint density at radius 2 is 2.15 bits per heavy atom. The first-order valence-corrected chi connectivity index (χ1v) is 7.11. The maximum absolute atomic E-state index is 11.4. The molecule has 0 aliphatic heterocycles. The molecule has 2 atom stereocenters. The summed E-state index contributed by atoms with van der Waals surface area (Å²) in [6, 6.07) is -0.0964. The number of carbonyl (C=O) groups excluding carboxylic acids is 1. The molecule has 0 spiro atoms. The van der Waals surface area contributed by atoms with Crippen LogP contribution in [-0.4, -0.2) is 39.7 Å². The summed E-state index contributed by atoms with van der Waals surface area (Å²) in [5.74, 6) is 0.0976. The molecule has 0 aliphatic rings. The smallest absolute Gasteiger partial charge is 0.231 e. The lowest BCUT2D eigenvalue weighted by molar-refractivity contribution is -0.120. The summed E-state index contributed by atoms with van der Waals surface area (Å²) < 4.78 is 1.75. The first-order chi connectivity index (χ1) is 9.35. The van der Waals surface area contributed by atoms with Gasteiger partial charge < -0.3 is 11.5 Å². The fourth-order valence-electron chi connectivity index (χ4n) is 2.49. The van der Waals surface area contributed by atoms with Crippen molar-refractivity contribution >= 4 is 5.91 Å². The van der Waals surface area contributed by atoms with Crippen molar-refractivity contribution in [1.29, 1.82) is 0 Å². The standard InChI is InChI=1S/C14H27N5O/c1-5-12(15)14(11-6-17-18(4)8-11)19(7-10(2)3)9-13(16)20/h6,8,10,12,14H,5,7,9,15H2,1-4H3,(H2,16,20). The Morgan fingerprint density at radius 1 is 1.50 bits per heavy atom. The molecule has 0 aliphatic carbocycles. The lowest BCUT2D eigenvalue weighted by atomic mass is 9.97. The van der Waals surface area contributed by atoms with E-state index in [2.05, 4.69) is 23.8 Å². The van der Waals surface area contributed by atoms with Gasteiger partial charge in [0.05, 0.1) is 18.8 Å². The lowest BCUT2D eigenvalue weighted by Crippen LogP contribution is -2.45. The van der Waals surface area contributed by atoms with Crippen LogP contribution >= 0.6 is 0 Å². The van der Waals surface area contributed by atoms with Crippen LogP contribution in [0.5, 0.6) is 0 Å². The highest BCUT2D eigenvalue weighted by Crippen LogP contribution is 2.25. The number of hydrogen-bond acceptors (Lipinski definition) is 4. The average Bonchev–Trinajstić information content (AvgIpc) is 2.74. The van der Waals surface area contributed by atoms with E-state index in [-0.39, 0.29) is 24.5 Å². The third kappa shape index (κ3) is 4.61. The van der Waals surface area contributed by atoms with Gasteiger partial charge >= 0.3 is 0 Å². The summed E-state index contributed by atoms with van der Waals surface area (Å²) >= 11 is 0.